The largest absolute Gasteiger partial charge is 0.462 e. The molecule has 1 atom stereocenters. The molecule has 3 aromatic rings. The van der Waals surface area contributed by atoms with Crippen molar-refractivity contribution in [3.05, 3.63) is 59.7 Å². The van der Waals surface area contributed by atoms with Crippen molar-refractivity contribution < 1.29 is 14.3 Å². The molecular formula is C22H25N5O3. The molecule has 8 heteroatoms. The van der Waals surface area contributed by atoms with Crippen molar-refractivity contribution in [1.82, 2.24) is 24.8 Å². The number of urea groups is 1. The van der Waals surface area contributed by atoms with Crippen LogP contribution in [0.5, 0.6) is 0 Å². The second kappa shape index (κ2) is 8.52. The standard InChI is InChI=1S/C22H25N5O3/c1-3-30-21(28)16-6-4-15(5-7-16)12-24-22(29)27-11-9-17(14-27)20-25-18-8-10-23-13-19(18)26(20)2/h4-8,10,13,17H,3,9,11-12,14H2,1-2H3,(H,24,29)/t17-/m0/s1. The van der Waals surface area contributed by atoms with Crippen LogP contribution in [-0.4, -0.2) is 51.1 Å². The first-order chi connectivity index (χ1) is 14.6. The Morgan fingerprint density at radius 2 is 2.03 bits per heavy atom. The fourth-order valence-electron chi connectivity index (χ4n) is 3.84. The molecule has 0 unspecified atom stereocenters. The lowest BCUT2D eigenvalue weighted by Gasteiger charge is -2.17. The van der Waals surface area contributed by atoms with Gasteiger partial charge in [-0.05, 0) is 37.1 Å². The lowest BCUT2D eigenvalue weighted by molar-refractivity contribution is 0.0526. The normalized spacial score (nSPS) is 16.1. The van der Waals surface area contributed by atoms with Crippen molar-refractivity contribution in [2.24, 2.45) is 7.05 Å². The van der Waals surface area contributed by atoms with E-state index in [4.69, 9.17) is 9.72 Å². The highest BCUT2D eigenvalue weighted by atomic mass is 16.5. The highest BCUT2D eigenvalue weighted by Gasteiger charge is 2.30. The second-order valence-electron chi connectivity index (χ2n) is 7.40. The minimum Gasteiger partial charge on any atom is -0.462 e. The van der Waals surface area contributed by atoms with Crippen molar-refractivity contribution in [3.8, 4) is 0 Å². The lowest BCUT2D eigenvalue weighted by Crippen LogP contribution is -2.38. The predicted octanol–water partition coefficient (Wildman–Crippen LogP) is 2.84. The molecule has 1 aliphatic rings. The molecule has 0 spiro atoms. The van der Waals surface area contributed by atoms with E-state index in [2.05, 4.69) is 14.9 Å². The molecule has 2 aromatic heterocycles. The van der Waals surface area contributed by atoms with Crippen molar-refractivity contribution in [1.29, 1.82) is 0 Å². The third kappa shape index (κ3) is 3.98. The molecular weight excluding hydrogens is 382 g/mol. The van der Waals surface area contributed by atoms with Gasteiger partial charge in [-0.2, -0.15) is 0 Å². The van der Waals surface area contributed by atoms with E-state index >= 15 is 0 Å². The van der Waals surface area contributed by atoms with Crippen molar-refractivity contribution in [3.63, 3.8) is 0 Å². The van der Waals surface area contributed by atoms with Crippen LogP contribution in [0.2, 0.25) is 0 Å². The van der Waals surface area contributed by atoms with E-state index in [0.29, 0.717) is 31.8 Å². The molecule has 4 rings (SSSR count). The molecule has 1 saturated heterocycles. The maximum absolute atomic E-state index is 12.6. The van der Waals surface area contributed by atoms with Gasteiger partial charge in [-0.1, -0.05) is 12.1 Å². The first-order valence-corrected chi connectivity index (χ1v) is 10.1. The number of fused-ring (bicyclic) bond motifs is 1. The maximum Gasteiger partial charge on any atom is 0.338 e. The summed E-state index contributed by atoms with van der Waals surface area (Å²) >= 11 is 0. The van der Waals surface area contributed by atoms with E-state index in [0.717, 1.165) is 28.8 Å². The molecule has 1 fully saturated rings. The average Bonchev–Trinajstić information content (AvgIpc) is 3.38. The first-order valence-electron chi connectivity index (χ1n) is 10.1. The zero-order valence-corrected chi connectivity index (χ0v) is 17.2. The zero-order chi connectivity index (χ0) is 21.1. The lowest BCUT2D eigenvalue weighted by atomic mass is 10.1. The molecule has 1 N–H and O–H groups in total. The van der Waals surface area contributed by atoms with Crippen LogP contribution in [0.25, 0.3) is 11.0 Å². The second-order valence-corrected chi connectivity index (χ2v) is 7.40. The highest BCUT2D eigenvalue weighted by Crippen LogP contribution is 2.28. The Balaban J connectivity index is 1.34. The van der Waals surface area contributed by atoms with Gasteiger partial charge in [0.05, 0.1) is 29.4 Å². The van der Waals surface area contributed by atoms with Crippen LogP contribution in [-0.2, 0) is 18.3 Å². The monoisotopic (exact) mass is 407 g/mol. The molecule has 30 heavy (non-hydrogen) atoms. The van der Waals surface area contributed by atoms with Crippen molar-refractivity contribution in [2.45, 2.75) is 25.8 Å². The molecule has 1 aliphatic heterocycles. The van der Waals surface area contributed by atoms with Crippen LogP contribution in [0.4, 0.5) is 4.79 Å². The number of amides is 2. The molecule has 0 bridgehead atoms. The summed E-state index contributed by atoms with van der Waals surface area (Å²) in [5.41, 5.74) is 3.36. The summed E-state index contributed by atoms with van der Waals surface area (Å²) in [7, 11) is 2.00. The Bertz CT molecular complexity index is 1060. The van der Waals surface area contributed by atoms with Gasteiger partial charge < -0.3 is 19.5 Å². The minimum absolute atomic E-state index is 0.0904. The van der Waals surface area contributed by atoms with Gasteiger partial charge in [0, 0.05) is 38.8 Å². The van der Waals surface area contributed by atoms with Crippen molar-refractivity contribution in [2.75, 3.05) is 19.7 Å². The Morgan fingerprint density at radius 3 is 2.77 bits per heavy atom. The van der Waals surface area contributed by atoms with Gasteiger partial charge in [-0.15, -0.1) is 0 Å². The summed E-state index contributed by atoms with van der Waals surface area (Å²) in [5, 5.41) is 2.96. The molecule has 0 aliphatic carbocycles. The molecule has 8 nitrogen and oxygen atoms in total. The maximum atomic E-state index is 12.6. The quantitative estimate of drug-likeness (QED) is 0.657. The molecule has 0 radical (unpaired) electrons. The van der Waals surface area contributed by atoms with Gasteiger partial charge in [-0.25, -0.2) is 14.6 Å². The number of benzene rings is 1. The summed E-state index contributed by atoms with van der Waals surface area (Å²) in [6.45, 7) is 3.86. The predicted molar refractivity (Wildman–Crippen MR) is 112 cm³/mol. The molecule has 0 saturated carbocycles. The topological polar surface area (TPSA) is 89.3 Å². The van der Waals surface area contributed by atoms with Crippen LogP contribution in [0.15, 0.2) is 42.7 Å². The molecule has 1 aromatic carbocycles. The van der Waals surface area contributed by atoms with Gasteiger partial charge in [0.15, 0.2) is 0 Å². The number of nitrogens with one attached hydrogen (secondary N) is 1. The van der Waals surface area contributed by atoms with E-state index in [1.54, 1.807) is 25.3 Å². The SMILES string of the molecule is CCOC(=O)c1ccc(CNC(=O)N2CC[C@H](c3nc4ccncc4n3C)C2)cc1. The number of nitrogens with zero attached hydrogens (tertiary/aromatic N) is 4. The third-order valence-corrected chi connectivity index (χ3v) is 5.47. The Labute approximate surface area is 174 Å². The van der Waals surface area contributed by atoms with Crippen LogP contribution in [0.1, 0.15) is 41.0 Å². The van der Waals surface area contributed by atoms with Crippen LogP contribution in [0, 0.1) is 0 Å². The van der Waals surface area contributed by atoms with E-state index in [1.165, 1.54) is 0 Å². The van der Waals surface area contributed by atoms with E-state index in [1.807, 2.05) is 36.3 Å². The third-order valence-electron chi connectivity index (χ3n) is 5.47. The number of hydrogen-bond donors (Lipinski definition) is 1. The Morgan fingerprint density at radius 1 is 1.23 bits per heavy atom. The number of carbonyl (C=O) groups excluding carboxylic acids is 2. The van der Waals surface area contributed by atoms with E-state index in [-0.39, 0.29) is 17.9 Å². The first kappa shape index (κ1) is 19.9. The fourth-order valence-corrected chi connectivity index (χ4v) is 3.84. The summed E-state index contributed by atoms with van der Waals surface area (Å²) in [6.07, 6.45) is 4.44. The smallest absolute Gasteiger partial charge is 0.338 e. The summed E-state index contributed by atoms with van der Waals surface area (Å²) in [4.78, 5) is 35.1. The van der Waals surface area contributed by atoms with E-state index < -0.39 is 0 Å². The molecule has 3 heterocycles. The van der Waals surface area contributed by atoms with Crippen LogP contribution in [0.3, 0.4) is 0 Å². The zero-order valence-electron chi connectivity index (χ0n) is 17.2. The van der Waals surface area contributed by atoms with Crippen LogP contribution < -0.4 is 5.32 Å². The van der Waals surface area contributed by atoms with Gasteiger partial charge in [0.25, 0.3) is 0 Å². The summed E-state index contributed by atoms with van der Waals surface area (Å²) < 4.78 is 7.05. The number of hydrogen-bond acceptors (Lipinski definition) is 5. The average molecular weight is 407 g/mol. The van der Waals surface area contributed by atoms with E-state index in [9.17, 15) is 9.59 Å². The number of esters is 1. The number of aromatic nitrogens is 3. The van der Waals surface area contributed by atoms with Gasteiger partial charge in [-0.3, -0.25) is 4.98 Å². The van der Waals surface area contributed by atoms with Crippen LogP contribution >= 0.6 is 0 Å². The number of ether oxygens (including phenoxy) is 1. The molecule has 2 amide bonds. The summed E-state index contributed by atoms with van der Waals surface area (Å²) in [5.74, 6) is 0.855. The minimum atomic E-state index is -0.339. The number of aryl methyl sites for hydroxylation is 1. The Hall–Kier alpha value is -3.42. The van der Waals surface area contributed by atoms with Crippen molar-refractivity contribution >= 4 is 23.0 Å². The fraction of sp³-hybridized carbons (Fsp3) is 0.364. The Kier molecular flexibility index (Phi) is 5.65. The van der Waals surface area contributed by atoms with Gasteiger partial charge in [0.2, 0.25) is 0 Å². The highest BCUT2D eigenvalue weighted by molar-refractivity contribution is 5.89. The number of pyridine rings is 1. The summed E-state index contributed by atoms with van der Waals surface area (Å²) in [6, 6.07) is 8.90. The number of carbonyl (C=O) groups is 2. The number of likely N-dealkylation sites (tertiary alicyclic amines) is 1. The van der Waals surface area contributed by atoms with Gasteiger partial charge >= 0.3 is 12.0 Å². The number of rotatable bonds is 5. The molecule has 156 valence electrons. The van der Waals surface area contributed by atoms with Gasteiger partial charge in [0.1, 0.15) is 5.82 Å². The number of imidazole rings is 1.